The SMILES string of the molecule is CCNCc1cc(COc2ccc(C)c(C)c2)on1. The summed E-state index contributed by atoms with van der Waals surface area (Å²) in [6.45, 7) is 8.27. The van der Waals surface area contributed by atoms with Gasteiger partial charge >= 0.3 is 0 Å². The molecule has 102 valence electrons. The van der Waals surface area contributed by atoms with Crippen molar-refractivity contribution < 1.29 is 9.26 Å². The molecule has 1 aromatic carbocycles. The van der Waals surface area contributed by atoms with Gasteiger partial charge in [0, 0.05) is 12.6 Å². The molecule has 4 heteroatoms. The highest BCUT2D eigenvalue weighted by molar-refractivity contribution is 5.33. The second-order valence-corrected chi connectivity index (χ2v) is 4.60. The van der Waals surface area contributed by atoms with E-state index in [0.29, 0.717) is 6.61 Å². The predicted molar refractivity (Wildman–Crippen MR) is 74.1 cm³/mol. The summed E-state index contributed by atoms with van der Waals surface area (Å²) in [5, 5.41) is 7.18. The Balaban J connectivity index is 1.91. The van der Waals surface area contributed by atoms with Crippen molar-refractivity contribution in [3.63, 3.8) is 0 Å². The van der Waals surface area contributed by atoms with Crippen molar-refractivity contribution in [3.8, 4) is 5.75 Å². The number of hydrogen-bond acceptors (Lipinski definition) is 4. The molecule has 0 unspecified atom stereocenters. The maximum absolute atomic E-state index is 5.69. The highest BCUT2D eigenvalue weighted by Gasteiger charge is 2.05. The molecule has 1 aromatic heterocycles. The Morgan fingerprint density at radius 3 is 2.79 bits per heavy atom. The summed E-state index contributed by atoms with van der Waals surface area (Å²) in [7, 11) is 0. The Morgan fingerprint density at radius 1 is 1.21 bits per heavy atom. The third kappa shape index (κ3) is 3.83. The first-order chi connectivity index (χ1) is 9.19. The van der Waals surface area contributed by atoms with Gasteiger partial charge in [0.2, 0.25) is 0 Å². The molecule has 1 N–H and O–H groups in total. The second-order valence-electron chi connectivity index (χ2n) is 4.60. The van der Waals surface area contributed by atoms with Gasteiger partial charge in [0.25, 0.3) is 0 Å². The largest absolute Gasteiger partial charge is 0.486 e. The number of nitrogens with one attached hydrogen (secondary N) is 1. The van der Waals surface area contributed by atoms with Gasteiger partial charge < -0.3 is 14.6 Å². The lowest BCUT2D eigenvalue weighted by Gasteiger charge is -2.06. The van der Waals surface area contributed by atoms with E-state index >= 15 is 0 Å². The fourth-order valence-electron chi connectivity index (χ4n) is 1.72. The van der Waals surface area contributed by atoms with Crippen molar-refractivity contribution in [1.82, 2.24) is 10.5 Å². The minimum absolute atomic E-state index is 0.404. The van der Waals surface area contributed by atoms with E-state index in [1.54, 1.807) is 0 Å². The van der Waals surface area contributed by atoms with Crippen molar-refractivity contribution in [3.05, 3.63) is 46.8 Å². The molecule has 0 radical (unpaired) electrons. The first-order valence-electron chi connectivity index (χ1n) is 6.54. The van der Waals surface area contributed by atoms with Crippen LogP contribution in [0.4, 0.5) is 0 Å². The molecule has 1 heterocycles. The summed E-state index contributed by atoms with van der Waals surface area (Å²) in [5.41, 5.74) is 3.39. The van der Waals surface area contributed by atoms with Gasteiger partial charge in [-0.2, -0.15) is 0 Å². The zero-order valence-corrected chi connectivity index (χ0v) is 11.7. The van der Waals surface area contributed by atoms with Gasteiger partial charge in [-0.25, -0.2) is 0 Å². The van der Waals surface area contributed by atoms with Gasteiger partial charge in [-0.05, 0) is 43.7 Å². The molecule has 0 saturated heterocycles. The predicted octanol–water partition coefficient (Wildman–Crippen LogP) is 2.98. The van der Waals surface area contributed by atoms with E-state index in [1.165, 1.54) is 11.1 Å². The lowest BCUT2D eigenvalue weighted by atomic mass is 10.1. The molecule has 0 amide bonds. The molecular formula is C15H20N2O2. The number of nitrogens with zero attached hydrogens (tertiary/aromatic N) is 1. The lowest BCUT2D eigenvalue weighted by Crippen LogP contribution is -2.11. The number of rotatable bonds is 6. The maximum atomic E-state index is 5.69. The Morgan fingerprint density at radius 2 is 2.05 bits per heavy atom. The van der Waals surface area contributed by atoms with E-state index in [2.05, 4.69) is 37.3 Å². The second kappa shape index (κ2) is 6.38. The monoisotopic (exact) mass is 260 g/mol. The van der Waals surface area contributed by atoms with Crippen LogP contribution in [0.2, 0.25) is 0 Å². The fourth-order valence-corrected chi connectivity index (χ4v) is 1.72. The summed E-state index contributed by atoms with van der Waals surface area (Å²) in [6.07, 6.45) is 0. The molecule has 2 aromatic rings. The first kappa shape index (κ1) is 13.6. The molecule has 0 aliphatic heterocycles. The van der Waals surface area contributed by atoms with Crippen LogP contribution in [0.25, 0.3) is 0 Å². The Bertz CT molecular complexity index is 535. The van der Waals surface area contributed by atoms with Gasteiger partial charge in [0.05, 0.1) is 5.69 Å². The van der Waals surface area contributed by atoms with E-state index in [-0.39, 0.29) is 0 Å². The van der Waals surface area contributed by atoms with Crippen LogP contribution in [0.1, 0.15) is 29.5 Å². The van der Waals surface area contributed by atoms with Gasteiger partial charge in [-0.3, -0.25) is 0 Å². The first-order valence-corrected chi connectivity index (χ1v) is 6.54. The lowest BCUT2D eigenvalue weighted by molar-refractivity contribution is 0.248. The average Bonchev–Trinajstić information content (AvgIpc) is 2.86. The normalized spacial score (nSPS) is 10.7. The smallest absolute Gasteiger partial charge is 0.174 e. The molecule has 0 atom stereocenters. The van der Waals surface area contributed by atoms with Gasteiger partial charge in [-0.15, -0.1) is 0 Å². The minimum atomic E-state index is 0.404. The minimum Gasteiger partial charge on any atom is -0.486 e. The topological polar surface area (TPSA) is 47.3 Å². The molecule has 0 aliphatic rings. The highest BCUT2D eigenvalue weighted by atomic mass is 16.5. The molecule has 0 spiro atoms. The number of aromatic nitrogens is 1. The fraction of sp³-hybridized carbons (Fsp3) is 0.400. The number of benzene rings is 1. The number of ether oxygens (including phenoxy) is 1. The molecule has 4 nitrogen and oxygen atoms in total. The Kier molecular flexibility index (Phi) is 4.58. The third-order valence-corrected chi connectivity index (χ3v) is 3.02. The van der Waals surface area contributed by atoms with Crippen LogP contribution in [0.15, 0.2) is 28.8 Å². The van der Waals surface area contributed by atoms with Crippen molar-refractivity contribution in [2.45, 2.75) is 33.9 Å². The Hall–Kier alpha value is -1.81. The van der Waals surface area contributed by atoms with Crippen LogP contribution in [-0.2, 0) is 13.2 Å². The quantitative estimate of drug-likeness (QED) is 0.867. The zero-order chi connectivity index (χ0) is 13.7. The van der Waals surface area contributed by atoms with Crippen LogP contribution in [0, 0.1) is 13.8 Å². The molecule has 0 aliphatic carbocycles. The maximum Gasteiger partial charge on any atom is 0.174 e. The summed E-state index contributed by atoms with van der Waals surface area (Å²) in [5.74, 6) is 1.60. The number of hydrogen-bond donors (Lipinski definition) is 1. The third-order valence-electron chi connectivity index (χ3n) is 3.02. The summed E-state index contributed by atoms with van der Waals surface area (Å²) >= 11 is 0. The van der Waals surface area contributed by atoms with Crippen LogP contribution in [-0.4, -0.2) is 11.7 Å². The molecule has 2 rings (SSSR count). The van der Waals surface area contributed by atoms with Crippen molar-refractivity contribution in [1.29, 1.82) is 0 Å². The van der Waals surface area contributed by atoms with Crippen molar-refractivity contribution in [2.75, 3.05) is 6.54 Å². The molecule has 0 fully saturated rings. The molecular weight excluding hydrogens is 240 g/mol. The van der Waals surface area contributed by atoms with Crippen LogP contribution >= 0.6 is 0 Å². The zero-order valence-electron chi connectivity index (χ0n) is 11.7. The van der Waals surface area contributed by atoms with E-state index in [1.807, 2.05) is 18.2 Å². The average molecular weight is 260 g/mol. The number of aryl methyl sites for hydroxylation is 2. The summed E-state index contributed by atoms with van der Waals surface area (Å²) < 4.78 is 10.9. The molecule has 0 saturated carbocycles. The van der Waals surface area contributed by atoms with E-state index < -0.39 is 0 Å². The summed E-state index contributed by atoms with van der Waals surface area (Å²) in [4.78, 5) is 0. The van der Waals surface area contributed by atoms with Gasteiger partial charge in [0.1, 0.15) is 12.4 Å². The molecule has 19 heavy (non-hydrogen) atoms. The van der Waals surface area contributed by atoms with Gasteiger partial charge in [-0.1, -0.05) is 18.1 Å². The highest BCUT2D eigenvalue weighted by Crippen LogP contribution is 2.18. The van der Waals surface area contributed by atoms with Crippen LogP contribution in [0.5, 0.6) is 5.75 Å². The van der Waals surface area contributed by atoms with Crippen LogP contribution < -0.4 is 10.1 Å². The van der Waals surface area contributed by atoms with E-state index in [0.717, 1.165) is 30.3 Å². The molecule has 0 bridgehead atoms. The van der Waals surface area contributed by atoms with E-state index in [4.69, 9.17) is 9.26 Å². The standard InChI is InChI=1S/C15H20N2O2/c1-4-16-9-13-8-15(19-17-13)10-18-14-6-5-11(2)12(3)7-14/h5-8,16H,4,9-10H2,1-3H3. The van der Waals surface area contributed by atoms with Crippen molar-refractivity contribution >= 4 is 0 Å². The van der Waals surface area contributed by atoms with Gasteiger partial charge in [0.15, 0.2) is 5.76 Å². The van der Waals surface area contributed by atoms with Crippen LogP contribution in [0.3, 0.4) is 0 Å². The van der Waals surface area contributed by atoms with Crippen molar-refractivity contribution in [2.24, 2.45) is 0 Å². The van der Waals surface area contributed by atoms with E-state index in [9.17, 15) is 0 Å². The Labute approximate surface area is 113 Å². The summed E-state index contributed by atoms with van der Waals surface area (Å²) in [6, 6.07) is 7.98.